The lowest BCUT2D eigenvalue weighted by Crippen LogP contribution is -2.14. The third-order valence-electron chi connectivity index (χ3n) is 5.83. The van der Waals surface area contributed by atoms with Gasteiger partial charge in [0.05, 0.1) is 17.5 Å². The summed E-state index contributed by atoms with van der Waals surface area (Å²) in [5.41, 5.74) is 4.49. The lowest BCUT2D eigenvalue weighted by Gasteiger charge is -2.24. The molecule has 3 aromatic rings. The minimum absolute atomic E-state index is 0.0340. The summed E-state index contributed by atoms with van der Waals surface area (Å²) in [6, 6.07) is 8.35. The number of imidazole rings is 1. The van der Waals surface area contributed by atoms with Gasteiger partial charge in [-0.25, -0.2) is 9.97 Å². The number of hydrogen-bond acceptors (Lipinski definition) is 6. The molecule has 2 fully saturated rings. The smallest absolute Gasteiger partial charge is 0.228 e. The van der Waals surface area contributed by atoms with E-state index in [1.54, 1.807) is 11.8 Å². The van der Waals surface area contributed by atoms with Crippen LogP contribution in [0.1, 0.15) is 63.4 Å². The predicted molar refractivity (Wildman–Crippen MR) is 135 cm³/mol. The summed E-state index contributed by atoms with van der Waals surface area (Å²) < 4.78 is 5.97. The number of aromatic amines is 1. The van der Waals surface area contributed by atoms with Crippen molar-refractivity contribution in [1.82, 2.24) is 15.0 Å². The van der Waals surface area contributed by atoms with E-state index >= 15 is 0 Å². The number of ether oxygens (including phenoxy) is 1. The summed E-state index contributed by atoms with van der Waals surface area (Å²) in [5, 5.41) is 6.49. The number of benzene rings is 1. The fourth-order valence-electron chi connectivity index (χ4n) is 4.00. The fraction of sp³-hybridized carbons (Fsp3) is 0.480. The first-order valence-electron chi connectivity index (χ1n) is 11.9. The number of rotatable bonds is 6. The Morgan fingerprint density at radius 2 is 1.94 bits per heavy atom. The maximum absolute atomic E-state index is 12.3. The lowest BCUT2D eigenvalue weighted by atomic mass is 10.0. The number of nitrogens with zero attached hydrogens (tertiary/aromatic N) is 2. The molecule has 3 heterocycles. The molecular formula is C25H33N5O2S. The second kappa shape index (κ2) is 10.6. The first-order chi connectivity index (χ1) is 16.1. The van der Waals surface area contributed by atoms with E-state index in [1.165, 1.54) is 12.0 Å². The maximum atomic E-state index is 12.3. The number of nitrogens with one attached hydrogen (secondary N) is 3. The Kier molecular flexibility index (Phi) is 7.55. The van der Waals surface area contributed by atoms with E-state index in [0.29, 0.717) is 11.5 Å². The summed E-state index contributed by atoms with van der Waals surface area (Å²) in [4.78, 5) is 25.7. The molecule has 1 amide bonds. The van der Waals surface area contributed by atoms with Crippen LogP contribution in [0.25, 0.3) is 11.2 Å². The lowest BCUT2D eigenvalue weighted by molar-refractivity contribution is -0.117. The van der Waals surface area contributed by atoms with Crippen LogP contribution in [0.3, 0.4) is 0 Å². The molecule has 0 spiro atoms. The molecule has 33 heavy (non-hydrogen) atoms. The Hall–Kier alpha value is -2.58. The number of carbonyl (C=O) groups excluding carboxylic acids is 1. The predicted octanol–water partition coefficient (Wildman–Crippen LogP) is 6.35. The van der Waals surface area contributed by atoms with Crippen molar-refractivity contribution in [3.05, 3.63) is 35.7 Å². The normalized spacial score (nSPS) is 17.9. The van der Waals surface area contributed by atoms with Crippen molar-refractivity contribution in [3.8, 4) is 0 Å². The van der Waals surface area contributed by atoms with Gasteiger partial charge in [-0.05, 0) is 63.0 Å². The number of hydrogen-bond donors (Lipinski definition) is 3. The molecule has 7 nitrogen and oxygen atoms in total. The average Bonchev–Trinajstić information content (AvgIpc) is 3.63. The molecule has 176 valence electrons. The number of aryl methyl sites for hydroxylation is 1. The van der Waals surface area contributed by atoms with E-state index in [4.69, 9.17) is 4.74 Å². The van der Waals surface area contributed by atoms with Gasteiger partial charge < -0.3 is 20.4 Å². The van der Waals surface area contributed by atoms with Gasteiger partial charge in [0.15, 0.2) is 5.65 Å². The molecule has 1 saturated carbocycles. The SMILES string of the molecule is CC.CSc1cc(C2CCCCO2)ccc1Nc1cc(NC(=O)C2CC2)nc2nc(C)[nH]c12. The number of fused-ring (bicyclic) bond motifs is 1. The number of amides is 1. The fourth-order valence-corrected chi connectivity index (χ4v) is 4.59. The zero-order chi connectivity index (χ0) is 23.4. The number of thioether (sulfide) groups is 1. The Bertz CT molecular complexity index is 1120. The molecule has 1 atom stereocenters. The van der Waals surface area contributed by atoms with Gasteiger partial charge in [-0.1, -0.05) is 19.9 Å². The maximum Gasteiger partial charge on any atom is 0.228 e. The van der Waals surface area contributed by atoms with E-state index in [2.05, 4.69) is 50.0 Å². The monoisotopic (exact) mass is 467 g/mol. The molecule has 2 aliphatic rings. The second-order valence-electron chi connectivity index (χ2n) is 8.28. The standard InChI is InChI=1S/C23H27N5O2S.C2H6/c1-13-24-21-17(12-20(27-22(21)25-13)28-23(29)14-6-7-14)26-16-9-8-15(11-19(16)31-2)18-5-3-4-10-30-18;1-2/h8-9,11-12,14,18H,3-7,10H2,1-2H3,(H3,24,25,26,27,28,29);1-2H3. The number of aromatic nitrogens is 3. The average molecular weight is 468 g/mol. The number of anilines is 3. The third kappa shape index (κ3) is 5.50. The zero-order valence-electron chi connectivity index (χ0n) is 19.8. The summed E-state index contributed by atoms with van der Waals surface area (Å²) >= 11 is 1.70. The van der Waals surface area contributed by atoms with Crippen molar-refractivity contribution in [3.63, 3.8) is 0 Å². The third-order valence-corrected chi connectivity index (χ3v) is 6.60. The van der Waals surface area contributed by atoms with Crippen molar-refractivity contribution < 1.29 is 9.53 Å². The minimum Gasteiger partial charge on any atom is -0.374 e. The quantitative estimate of drug-likeness (QED) is 0.366. The van der Waals surface area contributed by atoms with Crippen LogP contribution in [-0.2, 0) is 9.53 Å². The van der Waals surface area contributed by atoms with Gasteiger partial charge in [0.25, 0.3) is 0 Å². The molecule has 1 saturated heterocycles. The minimum atomic E-state index is 0.0340. The van der Waals surface area contributed by atoms with Crippen LogP contribution in [0.2, 0.25) is 0 Å². The molecule has 8 heteroatoms. The van der Waals surface area contributed by atoms with Gasteiger partial charge in [-0.2, -0.15) is 0 Å². The van der Waals surface area contributed by atoms with Gasteiger partial charge in [-0.3, -0.25) is 4.79 Å². The van der Waals surface area contributed by atoms with Gasteiger partial charge in [0.2, 0.25) is 5.91 Å². The molecule has 1 unspecified atom stereocenters. The van der Waals surface area contributed by atoms with E-state index in [9.17, 15) is 4.79 Å². The van der Waals surface area contributed by atoms with Gasteiger partial charge in [0, 0.05) is 23.5 Å². The van der Waals surface area contributed by atoms with Crippen LogP contribution in [0.15, 0.2) is 29.2 Å². The molecule has 2 aromatic heterocycles. The van der Waals surface area contributed by atoms with Crippen molar-refractivity contribution in [2.45, 2.75) is 63.9 Å². The van der Waals surface area contributed by atoms with Crippen LogP contribution >= 0.6 is 11.8 Å². The Labute approximate surface area is 199 Å². The molecule has 0 bridgehead atoms. The summed E-state index contributed by atoms with van der Waals surface area (Å²) in [6.45, 7) is 6.74. The van der Waals surface area contributed by atoms with Gasteiger partial charge in [-0.15, -0.1) is 11.8 Å². The zero-order valence-corrected chi connectivity index (χ0v) is 20.6. The van der Waals surface area contributed by atoms with E-state index in [-0.39, 0.29) is 17.9 Å². The Balaban J connectivity index is 0.00000126. The summed E-state index contributed by atoms with van der Waals surface area (Å²) in [5.74, 6) is 1.46. The molecule has 1 aliphatic heterocycles. The van der Waals surface area contributed by atoms with Gasteiger partial charge in [0.1, 0.15) is 17.2 Å². The van der Waals surface area contributed by atoms with Gasteiger partial charge >= 0.3 is 0 Å². The first-order valence-corrected chi connectivity index (χ1v) is 13.1. The van der Waals surface area contributed by atoms with Crippen molar-refractivity contribution in [2.75, 3.05) is 23.5 Å². The van der Waals surface area contributed by atoms with Crippen LogP contribution in [-0.4, -0.2) is 33.7 Å². The van der Waals surface area contributed by atoms with Crippen molar-refractivity contribution in [1.29, 1.82) is 0 Å². The molecule has 3 N–H and O–H groups in total. The highest BCUT2D eigenvalue weighted by atomic mass is 32.2. The largest absolute Gasteiger partial charge is 0.374 e. The summed E-state index contributed by atoms with van der Waals surface area (Å²) in [6.07, 6.45) is 7.60. The summed E-state index contributed by atoms with van der Waals surface area (Å²) in [7, 11) is 0. The number of H-pyrrole nitrogens is 1. The van der Waals surface area contributed by atoms with E-state index in [0.717, 1.165) is 59.9 Å². The van der Waals surface area contributed by atoms with Crippen LogP contribution < -0.4 is 10.6 Å². The van der Waals surface area contributed by atoms with Crippen LogP contribution in [0.4, 0.5) is 17.2 Å². The molecule has 1 aliphatic carbocycles. The highest BCUT2D eigenvalue weighted by Gasteiger charge is 2.30. The molecule has 0 radical (unpaired) electrons. The highest BCUT2D eigenvalue weighted by molar-refractivity contribution is 7.98. The van der Waals surface area contributed by atoms with Crippen molar-refractivity contribution in [2.24, 2.45) is 5.92 Å². The topological polar surface area (TPSA) is 91.9 Å². The van der Waals surface area contributed by atoms with Crippen LogP contribution in [0, 0.1) is 12.8 Å². The molecular weight excluding hydrogens is 434 g/mol. The highest BCUT2D eigenvalue weighted by Crippen LogP contribution is 2.36. The Morgan fingerprint density at radius 1 is 1.12 bits per heavy atom. The molecule has 1 aromatic carbocycles. The number of carbonyl (C=O) groups is 1. The van der Waals surface area contributed by atoms with E-state index in [1.807, 2.05) is 26.8 Å². The Morgan fingerprint density at radius 3 is 2.64 bits per heavy atom. The van der Waals surface area contributed by atoms with Crippen molar-refractivity contribution >= 4 is 46.0 Å². The molecule has 5 rings (SSSR count). The number of pyridine rings is 1. The van der Waals surface area contributed by atoms with Crippen LogP contribution in [0.5, 0.6) is 0 Å². The van der Waals surface area contributed by atoms with E-state index < -0.39 is 0 Å². The first kappa shape index (κ1) is 23.6. The second-order valence-corrected chi connectivity index (χ2v) is 9.13.